The van der Waals surface area contributed by atoms with Gasteiger partial charge in [-0.2, -0.15) is 0 Å². The molecule has 0 radical (unpaired) electrons. The monoisotopic (exact) mass is 326 g/mol. The van der Waals surface area contributed by atoms with Crippen LogP contribution in [0, 0.1) is 5.41 Å². The maximum absolute atomic E-state index is 12.3. The molecule has 0 unspecified atom stereocenters. The highest BCUT2D eigenvalue weighted by molar-refractivity contribution is 5.94. The summed E-state index contributed by atoms with van der Waals surface area (Å²) < 4.78 is 5.29. The highest BCUT2D eigenvalue weighted by atomic mass is 16.5. The van der Waals surface area contributed by atoms with Crippen molar-refractivity contribution in [3.8, 4) is 11.3 Å². The largest absolute Gasteiger partial charge is 0.384 e. The third-order valence-corrected chi connectivity index (χ3v) is 4.61. The number of amides is 1. The molecule has 1 aromatic heterocycles. The van der Waals surface area contributed by atoms with E-state index in [9.17, 15) is 4.79 Å². The lowest BCUT2D eigenvalue weighted by Gasteiger charge is -2.41. The molecule has 24 heavy (non-hydrogen) atoms. The normalized spacial score (nSPS) is 15.5. The lowest BCUT2D eigenvalue weighted by Crippen LogP contribution is -2.45. The number of rotatable bonds is 6. The number of nitrogens with one attached hydrogen (secondary N) is 1. The van der Waals surface area contributed by atoms with Crippen LogP contribution in [0.3, 0.4) is 0 Å². The van der Waals surface area contributed by atoms with Crippen molar-refractivity contribution < 1.29 is 9.53 Å². The molecule has 0 spiro atoms. The van der Waals surface area contributed by atoms with E-state index in [-0.39, 0.29) is 17.3 Å². The molecule has 1 heterocycles. The first-order valence-electron chi connectivity index (χ1n) is 8.08. The van der Waals surface area contributed by atoms with E-state index in [4.69, 9.17) is 10.5 Å². The van der Waals surface area contributed by atoms with Crippen LogP contribution in [0.2, 0.25) is 0 Å². The fraction of sp³-hybridized carbons (Fsp3) is 0.389. The van der Waals surface area contributed by atoms with E-state index in [0.29, 0.717) is 18.7 Å². The van der Waals surface area contributed by atoms with Gasteiger partial charge in [-0.3, -0.25) is 4.79 Å². The fourth-order valence-electron chi connectivity index (χ4n) is 3.05. The molecule has 0 aliphatic heterocycles. The second-order valence-corrected chi connectivity index (χ2v) is 6.35. The van der Waals surface area contributed by atoms with Crippen molar-refractivity contribution in [3.63, 3.8) is 0 Å². The Bertz CT molecular complexity index is 711. The number of benzene rings is 1. The predicted octanol–water partition coefficient (Wildman–Crippen LogP) is 2.27. The molecule has 2 aromatic rings. The van der Waals surface area contributed by atoms with Gasteiger partial charge < -0.3 is 15.8 Å². The number of hydrogen-bond acceptors (Lipinski definition) is 5. The summed E-state index contributed by atoms with van der Waals surface area (Å²) in [5, 5.41) is 3.03. The SMILES string of the molecule is COCC1(CNC(=O)c2ccc(-c3ccnc(N)n3)cc2)CCC1. The van der Waals surface area contributed by atoms with Crippen LogP contribution in [0.5, 0.6) is 0 Å². The average Bonchev–Trinajstić information content (AvgIpc) is 2.57. The minimum atomic E-state index is -0.0638. The van der Waals surface area contributed by atoms with Gasteiger partial charge >= 0.3 is 0 Å². The van der Waals surface area contributed by atoms with Crippen molar-refractivity contribution in [3.05, 3.63) is 42.1 Å². The van der Waals surface area contributed by atoms with Crippen molar-refractivity contribution in [1.82, 2.24) is 15.3 Å². The molecule has 6 nitrogen and oxygen atoms in total. The van der Waals surface area contributed by atoms with Gasteiger partial charge in [0.25, 0.3) is 5.91 Å². The van der Waals surface area contributed by atoms with Crippen LogP contribution >= 0.6 is 0 Å². The second-order valence-electron chi connectivity index (χ2n) is 6.35. The number of nitrogen functional groups attached to an aromatic ring is 1. The van der Waals surface area contributed by atoms with E-state index in [1.807, 2.05) is 12.1 Å². The Kier molecular flexibility index (Phi) is 4.76. The zero-order chi connectivity index (χ0) is 17.0. The van der Waals surface area contributed by atoms with E-state index in [2.05, 4.69) is 15.3 Å². The van der Waals surface area contributed by atoms with Crippen LogP contribution in [0.25, 0.3) is 11.3 Å². The first kappa shape index (κ1) is 16.4. The van der Waals surface area contributed by atoms with Crippen molar-refractivity contribution in [2.24, 2.45) is 5.41 Å². The Morgan fingerprint density at radius 1 is 1.29 bits per heavy atom. The maximum Gasteiger partial charge on any atom is 0.251 e. The summed E-state index contributed by atoms with van der Waals surface area (Å²) in [7, 11) is 1.71. The molecule has 1 aliphatic rings. The maximum atomic E-state index is 12.3. The van der Waals surface area contributed by atoms with Gasteiger partial charge in [-0.05, 0) is 31.0 Å². The molecule has 0 atom stereocenters. The molecule has 3 N–H and O–H groups in total. The molecule has 1 fully saturated rings. The van der Waals surface area contributed by atoms with Crippen LogP contribution in [0.1, 0.15) is 29.6 Å². The standard InChI is InChI=1S/C18H22N4O2/c1-24-12-18(8-2-9-18)11-21-16(23)14-5-3-13(4-6-14)15-7-10-20-17(19)22-15/h3-7,10H,2,8-9,11-12H2,1H3,(H,21,23)(H2,19,20,22). The van der Waals surface area contributed by atoms with Crippen molar-refractivity contribution in [2.45, 2.75) is 19.3 Å². The molecular weight excluding hydrogens is 304 g/mol. The molecule has 0 bridgehead atoms. The Labute approximate surface area is 141 Å². The smallest absolute Gasteiger partial charge is 0.251 e. The summed E-state index contributed by atoms with van der Waals surface area (Å²) in [4.78, 5) is 20.4. The van der Waals surface area contributed by atoms with E-state index in [0.717, 1.165) is 24.1 Å². The average molecular weight is 326 g/mol. The topological polar surface area (TPSA) is 90.1 Å². The number of carbonyl (C=O) groups is 1. The number of nitrogens with two attached hydrogens (primary N) is 1. The third kappa shape index (κ3) is 3.54. The predicted molar refractivity (Wildman–Crippen MR) is 92.4 cm³/mol. The summed E-state index contributed by atoms with van der Waals surface area (Å²) in [6, 6.07) is 9.12. The highest BCUT2D eigenvalue weighted by Crippen LogP contribution is 2.40. The number of anilines is 1. The summed E-state index contributed by atoms with van der Waals surface area (Å²) in [5.74, 6) is 0.171. The lowest BCUT2D eigenvalue weighted by atomic mass is 9.69. The quantitative estimate of drug-likeness (QED) is 0.850. The van der Waals surface area contributed by atoms with E-state index in [1.54, 1.807) is 31.5 Å². The van der Waals surface area contributed by atoms with Crippen molar-refractivity contribution >= 4 is 11.9 Å². The number of methoxy groups -OCH3 is 1. The number of carbonyl (C=O) groups excluding carboxylic acids is 1. The van der Waals surface area contributed by atoms with Gasteiger partial charge in [0.1, 0.15) is 0 Å². The number of nitrogens with zero attached hydrogens (tertiary/aromatic N) is 2. The van der Waals surface area contributed by atoms with Gasteiger partial charge in [-0.1, -0.05) is 18.6 Å². The minimum absolute atomic E-state index is 0.0638. The molecule has 1 aliphatic carbocycles. The highest BCUT2D eigenvalue weighted by Gasteiger charge is 2.37. The van der Waals surface area contributed by atoms with Gasteiger partial charge in [0, 0.05) is 36.4 Å². The number of aromatic nitrogens is 2. The Morgan fingerprint density at radius 3 is 2.62 bits per heavy atom. The molecule has 3 rings (SSSR count). The molecule has 1 saturated carbocycles. The molecular formula is C18H22N4O2. The fourth-order valence-corrected chi connectivity index (χ4v) is 3.05. The van der Waals surface area contributed by atoms with E-state index >= 15 is 0 Å². The first-order chi connectivity index (χ1) is 11.6. The zero-order valence-electron chi connectivity index (χ0n) is 13.8. The molecule has 6 heteroatoms. The molecule has 0 saturated heterocycles. The van der Waals surface area contributed by atoms with Crippen LogP contribution in [-0.4, -0.2) is 36.1 Å². The molecule has 1 amide bonds. The van der Waals surface area contributed by atoms with Crippen molar-refractivity contribution in [2.75, 3.05) is 26.0 Å². The molecule has 1 aromatic carbocycles. The van der Waals surface area contributed by atoms with Gasteiger partial charge in [-0.25, -0.2) is 9.97 Å². The lowest BCUT2D eigenvalue weighted by molar-refractivity contribution is 0.0180. The summed E-state index contributed by atoms with van der Waals surface area (Å²) >= 11 is 0. The Balaban J connectivity index is 1.64. The first-order valence-corrected chi connectivity index (χ1v) is 8.08. The summed E-state index contributed by atoms with van der Waals surface area (Å²) in [6.45, 7) is 1.35. The third-order valence-electron chi connectivity index (χ3n) is 4.61. The van der Waals surface area contributed by atoms with Crippen LogP contribution in [-0.2, 0) is 4.74 Å². The summed E-state index contributed by atoms with van der Waals surface area (Å²) in [6.07, 6.45) is 5.03. The van der Waals surface area contributed by atoms with Gasteiger partial charge in [0.15, 0.2) is 0 Å². The van der Waals surface area contributed by atoms with Crippen molar-refractivity contribution in [1.29, 1.82) is 0 Å². The Hall–Kier alpha value is -2.47. The number of ether oxygens (including phenoxy) is 1. The number of hydrogen-bond donors (Lipinski definition) is 2. The second kappa shape index (κ2) is 6.97. The molecule has 126 valence electrons. The minimum Gasteiger partial charge on any atom is -0.384 e. The van der Waals surface area contributed by atoms with Gasteiger partial charge in [0.2, 0.25) is 5.95 Å². The summed E-state index contributed by atoms with van der Waals surface area (Å²) in [5.41, 5.74) is 7.98. The zero-order valence-corrected chi connectivity index (χ0v) is 13.8. The van der Waals surface area contributed by atoms with Gasteiger partial charge in [-0.15, -0.1) is 0 Å². The van der Waals surface area contributed by atoms with E-state index in [1.165, 1.54) is 6.42 Å². The van der Waals surface area contributed by atoms with Crippen LogP contribution in [0.15, 0.2) is 36.5 Å². The van der Waals surface area contributed by atoms with Crippen LogP contribution < -0.4 is 11.1 Å². The van der Waals surface area contributed by atoms with Gasteiger partial charge in [0.05, 0.1) is 12.3 Å². The van der Waals surface area contributed by atoms with E-state index < -0.39 is 0 Å². The Morgan fingerprint density at radius 2 is 2.04 bits per heavy atom. The van der Waals surface area contributed by atoms with Crippen LogP contribution in [0.4, 0.5) is 5.95 Å².